The molecule has 1 aromatic carbocycles. The standard InChI is InChI=1S/C24H36F3NO3/c1-2-3-4-5-6-7-8-9-10-11-12-13-14-15-16-20-17-18-21(19-22(20)28(30)31)23(29)24(25,26)27/h17-19H,2-16H2,1H3. The number of carbonyl (C=O) groups excluding carboxylic acids is 1. The van der Waals surface area contributed by atoms with E-state index in [9.17, 15) is 28.1 Å². The maximum atomic E-state index is 12.5. The van der Waals surface area contributed by atoms with E-state index in [4.69, 9.17) is 0 Å². The Morgan fingerprint density at radius 1 is 0.839 bits per heavy atom. The number of nitrogens with zero attached hydrogens (tertiary/aromatic N) is 1. The molecule has 7 heteroatoms. The van der Waals surface area contributed by atoms with Crippen LogP contribution in [0.3, 0.4) is 0 Å². The number of ketones is 1. The minimum absolute atomic E-state index is 0.377. The van der Waals surface area contributed by atoms with Crippen LogP contribution >= 0.6 is 0 Å². The fourth-order valence-electron chi connectivity index (χ4n) is 3.76. The molecule has 0 radical (unpaired) electrons. The number of hydrogen-bond donors (Lipinski definition) is 0. The fourth-order valence-corrected chi connectivity index (χ4v) is 3.76. The number of carbonyl (C=O) groups is 1. The summed E-state index contributed by atoms with van der Waals surface area (Å²) in [5.41, 5.74) is -0.726. The number of nitro groups is 1. The molecular weight excluding hydrogens is 407 g/mol. The highest BCUT2D eigenvalue weighted by Crippen LogP contribution is 2.27. The van der Waals surface area contributed by atoms with Gasteiger partial charge in [0.2, 0.25) is 0 Å². The smallest absolute Gasteiger partial charge is 0.284 e. The van der Waals surface area contributed by atoms with Crippen molar-refractivity contribution in [1.82, 2.24) is 0 Å². The SMILES string of the molecule is CCCCCCCCCCCCCCCCc1ccc(C(=O)C(F)(F)F)cc1[N+](=O)[O-]. The molecule has 0 saturated heterocycles. The van der Waals surface area contributed by atoms with Gasteiger partial charge in [-0.05, 0) is 12.8 Å². The van der Waals surface area contributed by atoms with E-state index < -0.39 is 28.1 Å². The van der Waals surface area contributed by atoms with Crippen LogP contribution in [0.2, 0.25) is 0 Å². The van der Waals surface area contributed by atoms with Crippen molar-refractivity contribution in [2.75, 3.05) is 0 Å². The van der Waals surface area contributed by atoms with E-state index in [2.05, 4.69) is 6.92 Å². The van der Waals surface area contributed by atoms with Crippen molar-refractivity contribution in [3.05, 3.63) is 39.4 Å². The molecule has 0 aliphatic heterocycles. The normalized spacial score (nSPS) is 11.6. The number of rotatable bonds is 17. The lowest BCUT2D eigenvalue weighted by Gasteiger charge is -2.08. The number of aryl methyl sites for hydroxylation is 1. The van der Waals surface area contributed by atoms with Crippen LogP contribution in [0.4, 0.5) is 18.9 Å². The molecule has 0 spiro atoms. The Balaban J connectivity index is 2.22. The van der Waals surface area contributed by atoms with E-state index in [-0.39, 0.29) is 0 Å². The zero-order chi connectivity index (χ0) is 23.1. The Morgan fingerprint density at radius 3 is 1.71 bits per heavy atom. The summed E-state index contributed by atoms with van der Waals surface area (Å²) in [7, 11) is 0. The van der Waals surface area contributed by atoms with E-state index in [0.29, 0.717) is 12.0 Å². The Morgan fingerprint density at radius 2 is 1.29 bits per heavy atom. The van der Waals surface area contributed by atoms with Gasteiger partial charge in [0, 0.05) is 17.2 Å². The number of Topliss-reactive ketones (excluding diaryl/α,β-unsaturated/α-hetero) is 1. The molecule has 31 heavy (non-hydrogen) atoms. The number of unbranched alkanes of at least 4 members (excludes halogenated alkanes) is 13. The summed E-state index contributed by atoms with van der Waals surface area (Å²) < 4.78 is 37.6. The Bertz CT molecular complexity index is 675. The van der Waals surface area contributed by atoms with E-state index >= 15 is 0 Å². The molecule has 1 rings (SSSR count). The zero-order valence-corrected chi connectivity index (χ0v) is 18.6. The predicted molar refractivity (Wildman–Crippen MR) is 117 cm³/mol. The summed E-state index contributed by atoms with van der Waals surface area (Å²) in [4.78, 5) is 21.8. The van der Waals surface area contributed by atoms with Gasteiger partial charge in [-0.3, -0.25) is 14.9 Å². The third-order valence-corrected chi connectivity index (χ3v) is 5.60. The molecule has 0 N–H and O–H groups in total. The first-order chi connectivity index (χ1) is 14.8. The predicted octanol–water partition coefficient (Wildman–Crippen LogP) is 8.36. The lowest BCUT2D eigenvalue weighted by atomic mass is 10.00. The molecule has 0 saturated carbocycles. The van der Waals surface area contributed by atoms with Crippen LogP contribution in [0.1, 0.15) is 113 Å². The monoisotopic (exact) mass is 443 g/mol. The molecule has 4 nitrogen and oxygen atoms in total. The molecule has 1 aromatic rings. The highest BCUT2D eigenvalue weighted by molar-refractivity contribution is 6.00. The Kier molecular flexibility index (Phi) is 13.1. The number of benzene rings is 1. The van der Waals surface area contributed by atoms with Crippen molar-refractivity contribution >= 4 is 11.5 Å². The summed E-state index contributed by atoms with van der Waals surface area (Å²) in [6, 6.07) is 3.05. The quantitative estimate of drug-likeness (QED) is 0.105. The molecule has 0 fully saturated rings. The van der Waals surface area contributed by atoms with Crippen molar-refractivity contribution in [1.29, 1.82) is 0 Å². The Hall–Kier alpha value is -1.92. The van der Waals surface area contributed by atoms with E-state index in [1.54, 1.807) is 0 Å². The lowest BCUT2D eigenvalue weighted by molar-refractivity contribution is -0.385. The molecule has 0 atom stereocenters. The van der Waals surface area contributed by atoms with Gasteiger partial charge < -0.3 is 0 Å². The van der Waals surface area contributed by atoms with Gasteiger partial charge in [0.25, 0.3) is 11.5 Å². The van der Waals surface area contributed by atoms with Crippen molar-refractivity contribution in [2.24, 2.45) is 0 Å². The Labute approximate surface area is 183 Å². The fraction of sp³-hybridized carbons (Fsp3) is 0.708. The van der Waals surface area contributed by atoms with Gasteiger partial charge in [-0.25, -0.2) is 0 Å². The van der Waals surface area contributed by atoms with E-state index in [1.165, 1.54) is 70.3 Å². The minimum Gasteiger partial charge on any atom is -0.284 e. The van der Waals surface area contributed by atoms with Crippen molar-refractivity contribution < 1.29 is 22.9 Å². The molecule has 0 aliphatic rings. The molecule has 0 aliphatic carbocycles. The zero-order valence-electron chi connectivity index (χ0n) is 18.6. The third kappa shape index (κ3) is 11.3. The molecule has 0 aromatic heterocycles. The topological polar surface area (TPSA) is 60.2 Å². The number of alkyl halides is 3. The van der Waals surface area contributed by atoms with Gasteiger partial charge >= 0.3 is 6.18 Å². The second-order valence-corrected chi connectivity index (χ2v) is 8.27. The lowest BCUT2D eigenvalue weighted by Crippen LogP contribution is -2.22. The average molecular weight is 444 g/mol. The third-order valence-electron chi connectivity index (χ3n) is 5.60. The number of halogens is 3. The molecule has 0 heterocycles. The van der Waals surface area contributed by atoms with Gasteiger partial charge in [-0.2, -0.15) is 13.2 Å². The van der Waals surface area contributed by atoms with Crippen LogP contribution in [0.15, 0.2) is 18.2 Å². The average Bonchev–Trinajstić information content (AvgIpc) is 2.72. The van der Waals surface area contributed by atoms with Gasteiger partial charge in [-0.1, -0.05) is 103 Å². The first-order valence-electron chi connectivity index (χ1n) is 11.7. The summed E-state index contributed by atoms with van der Waals surface area (Å²) in [5, 5.41) is 11.2. The second-order valence-electron chi connectivity index (χ2n) is 8.27. The van der Waals surface area contributed by atoms with Crippen LogP contribution in [0, 0.1) is 10.1 Å². The van der Waals surface area contributed by atoms with Crippen molar-refractivity contribution in [2.45, 2.75) is 109 Å². The van der Waals surface area contributed by atoms with Crippen molar-refractivity contribution in [3.8, 4) is 0 Å². The van der Waals surface area contributed by atoms with Crippen LogP contribution in [0.5, 0.6) is 0 Å². The second kappa shape index (κ2) is 15.0. The highest BCUT2D eigenvalue weighted by Gasteiger charge is 2.40. The summed E-state index contributed by atoms with van der Waals surface area (Å²) in [6.45, 7) is 2.23. The minimum atomic E-state index is -5.04. The molecule has 176 valence electrons. The van der Waals surface area contributed by atoms with Crippen LogP contribution in [0.25, 0.3) is 0 Å². The first kappa shape index (κ1) is 27.1. The van der Waals surface area contributed by atoms with Gasteiger partial charge in [0.05, 0.1) is 4.92 Å². The molecule has 0 bridgehead atoms. The largest absolute Gasteiger partial charge is 0.454 e. The van der Waals surface area contributed by atoms with Crippen LogP contribution in [-0.4, -0.2) is 16.9 Å². The molecular formula is C24H36F3NO3. The molecule has 0 unspecified atom stereocenters. The number of nitro benzene ring substituents is 1. The van der Waals surface area contributed by atoms with Gasteiger partial charge in [0.1, 0.15) is 0 Å². The highest BCUT2D eigenvalue weighted by atomic mass is 19.4. The van der Waals surface area contributed by atoms with Crippen LogP contribution < -0.4 is 0 Å². The summed E-state index contributed by atoms with van der Waals surface area (Å²) in [5.74, 6) is -2.06. The summed E-state index contributed by atoms with van der Waals surface area (Å²) >= 11 is 0. The van der Waals surface area contributed by atoms with Gasteiger partial charge in [0.15, 0.2) is 0 Å². The van der Waals surface area contributed by atoms with E-state index in [0.717, 1.165) is 37.8 Å². The molecule has 0 amide bonds. The van der Waals surface area contributed by atoms with Crippen molar-refractivity contribution in [3.63, 3.8) is 0 Å². The van der Waals surface area contributed by atoms with Crippen LogP contribution in [-0.2, 0) is 6.42 Å². The number of hydrogen-bond acceptors (Lipinski definition) is 3. The maximum Gasteiger partial charge on any atom is 0.454 e. The van der Waals surface area contributed by atoms with E-state index in [1.807, 2.05) is 0 Å². The van der Waals surface area contributed by atoms with Gasteiger partial charge in [-0.15, -0.1) is 0 Å². The summed E-state index contributed by atoms with van der Waals surface area (Å²) in [6.07, 6.45) is 12.3. The maximum absolute atomic E-state index is 12.5. The first-order valence-corrected chi connectivity index (χ1v) is 11.7.